The summed E-state index contributed by atoms with van der Waals surface area (Å²) in [4.78, 5) is 14.3. The quantitative estimate of drug-likeness (QED) is 0.712. The van der Waals surface area contributed by atoms with Gasteiger partial charge in [-0.05, 0) is 77.7 Å². The minimum atomic E-state index is -4.48. The number of alkyl carbamates (subject to hydrolysis) is 1. The Labute approximate surface area is 180 Å². The van der Waals surface area contributed by atoms with Crippen molar-refractivity contribution in [2.24, 2.45) is 11.8 Å². The van der Waals surface area contributed by atoms with Gasteiger partial charge in [0.2, 0.25) is 5.76 Å². The highest BCUT2D eigenvalue weighted by atomic mass is 19.4. The fourth-order valence-electron chi connectivity index (χ4n) is 5.23. The molecule has 6 nitrogen and oxygen atoms in total. The van der Waals surface area contributed by atoms with E-state index in [1.54, 1.807) is 0 Å². The number of halogens is 3. The second-order valence-corrected chi connectivity index (χ2v) is 10.5. The zero-order chi connectivity index (χ0) is 22.4. The van der Waals surface area contributed by atoms with E-state index in [-0.39, 0.29) is 17.6 Å². The van der Waals surface area contributed by atoms with Gasteiger partial charge < -0.3 is 19.5 Å². The number of carbonyl (C=O) groups excluding carboxylic acids is 1. The third kappa shape index (κ3) is 5.18. The van der Waals surface area contributed by atoms with Crippen LogP contribution >= 0.6 is 0 Å². The molecule has 2 heterocycles. The molecule has 1 N–H and O–H groups in total. The summed E-state index contributed by atoms with van der Waals surface area (Å²) in [5.41, 5.74) is -0.279. The summed E-state index contributed by atoms with van der Waals surface area (Å²) in [5.74, 6) is -0.00128. The SMILES string of the molecule is CC(C)(C)OC(=O)N[C@H]1CC[C@H](CCN2CC3C[C@]3(c3cc(C(F)(F)F)on3)C2)CC1. The molecule has 4 rings (SSSR count). The van der Waals surface area contributed by atoms with Crippen LogP contribution in [0.15, 0.2) is 10.6 Å². The normalized spacial score (nSPS) is 31.4. The highest BCUT2D eigenvalue weighted by Crippen LogP contribution is 2.59. The number of carbonyl (C=O) groups is 1. The first kappa shape index (κ1) is 22.4. The lowest BCUT2D eigenvalue weighted by molar-refractivity contribution is -0.155. The number of fused-ring (bicyclic) bond motifs is 1. The molecule has 174 valence electrons. The molecule has 1 amide bonds. The molecule has 1 aromatic rings. The van der Waals surface area contributed by atoms with E-state index < -0.39 is 17.5 Å². The molecule has 1 saturated heterocycles. The van der Waals surface area contributed by atoms with Gasteiger partial charge in [-0.3, -0.25) is 0 Å². The lowest BCUT2D eigenvalue weighted by atomic mass is 9.84. The summed E-state index contributed by atoms with van der Waals surface area (Å²) in [6.07, 6.45) is 1.19. The van der Waals surface area contributed by atoms with Crippen molar-refractivity contribution in [1.29, 1.82) is 0 Å². The van der Waals surface area contributed by atoms with Gasteiger partial charge in [0, 0.05) is 30.6 Å². The number of rotatable bonds is 5. The number of likely N-dealkylation sites (tertiary alicyclic amines) is 1. The number of nitrogens with zero attached hydrogens (tertiary/aromatic N) is 2. The van der Waals surface area contributed by atoms with E-state index in [9.17, 15) is 18.0 Å². The maximum atomic E-state index is 12.8. The van der Waals surface area contributed by atoms with E-state index in [2.05, 4.69) is 19.9 Å². The summed E-state index contributed by atoms with van der Waals surface area (Å²) in [6, 6.07) is 1.26. The highest BCUT2D eigenvalue weighted by molar-refractivity contribution is 5.68. The van der Waals surface area contributed by atoms with Crippen molar-refractivity contribution in [3.63, 3.8) is 0 Å². The average Bonchev–Trinajstić information content (AvgIpc) is 3.03. The van der Waals surface area contributed by atoms with Crippen LogP contribution in [0, 0.1) is 11.8 Å². The smallest absolute Gasteiger partial charge is 0.444 e. The summed E-state index contributed by atoms with van der Waals surface area (Å²) in [7, 11) is 0. The van der Waals surface area contributed by atoms with Crippen molar-refractivity contribution in [2.45, 2.75) is 82.5 Å². The van der Waals surface area contributed by atoms with Crippen LogP contribution in [0.25, 0.3) is 0 Å². The molecule has 1 aliphatic heterocycles. The Morgan fingerprint density at radius 2 is 2.00 bits per heavy atom. The van der Waals surface area contributed by atoms with E-state index in [0.29, 0.717) is 17.5 Å². The van der Waals surface area contributed by atoms with E-state index in [1.807, 2.05) is 20.8 Å². The molecule has 2 atom stereocenters. The molecule has 0 spiro atoms. The molecule has 3 aliphatic rings. The zero-order valence-corrected chi connectivity index (χ0v) is 18.4. The van der Waals surface area contributed by atoms with Crippen molar-refractivity contribution >= 4 is 6.09 Å². The molecule has 2 aliphatic carbocycles. The Kier molecular flexibility index (Phi) is 5.77. The van der Waals surface area contributed by atoms with Crippen LogP contribution in [-0.4, -0.2) is 47.4 Å². The van der Waals surface area contributed by atoms with Crippen molar-refractivity contribution in [1.82, 2.24) is 15.4 Å². The Bertz CT molecular complexity index is 796. The lowest BCUT2D eigenvalue weighted by Gasteiger charge is -2.31. The number of alkyl halides is 3. The molecule has 9 heteroatoms. The van der Waals surface area contributed by atoms with Crippen molar-refractivity contribution < 1.29 is 27.2 Å². The summed E-state index contributed by atoms with van der Waals surface area (Å²) < 4.78 is 48.4. The number of nitrogens with one attached hydrogen (secondary N) is 1. The van der Waals surface area contributed by atoms with Gasteiger partial charge in [-0.1, -0.05) is 5.16 Å². The highest BCUT2D eigenvalue weighted by Gasteiger charge is 2.62. The predicted octanol–water partition coefficient (Wildman–Crippen LogP) is 4.74. The number of hydrogen-bond donors (Lipinski definition) is 1. The zero-order valence-electron chi connectivity index (χ0n) is 18.4. The Morgan fingerprint density at radius 3 is 2.61 bits per heavy atom. The fraction of sp³-hybridized carbons (Fsp3) is 0.818. The van der Waals surface area contributed by atoms with Crippen molar-refractivity contribution in [3.05, 3.63) is 17.5 Å². The first-order valence-electron chi connectivity index (χ1n) is 11.2. The van der Waals surface area contributed by atoms with Crippen molar-refractivity contribution in [3.8, 4) is 0 Å². The summed E-state index contributed by atoms with van der Waals surface area (Å²) in [6.45, 7) is 8.20. The molecule has 0 aromatic carbocycles. The van der Waals surface area contributed by atoms with Gasteiger partial charge in [0.05, 0.1) is 5.69 Å². The number of piperidine rings is 1. The van der Waals surface area contributed by atoms with Gasteiger partial charge in [0.25, 0.3) is 0 Å². The number of amides is 1. The molecule has 3 fully saturated rings. The van der Waals surface area contributed by atoms with E-state index in [0.717, 1.165) is 64.2 Å². The van der Waals surface area contributed by atoms with Crippen LogP contribution in [0.3, 0.4) is 0 Å². The monoisotopic (exact) mass is 443 g/mol. The summed E-state index contributed by atoms with van der Waals surface area (Å²) >= 11 is 0. The van der Waals surface area contributed by atoms with Gasteiger partial charge in [0.15, 0.2) is 0 Å². The van der Waals surface area contributed by atoms with Gasteiger partial charge in [-0.25, -0.2) is 4.79 Å². The van der Waals surface area contributed by atoms with Crippen LogP contribution in [0.2, 0.25) is 0 Å². The van der Waals surface area contributed by atoms with E-state index >= 15 is 0 Å². The lowest BCUT2D eigenvalue weighted by Crippen LogP contribution is -2.41. The number of aromatic nitrogens is 1. The minimum Gasteiger partial charge on any atom is -0.444 e. The molecule has 1 unspecified atom stereocenters. The minimum absolute atomic E-state index is 0.170. The average molecular weight is 444 g/mol. The largest absolute Gasteiger partial charge is 0.452 e. The third-order valence-corrected chi connectivity index (χ3v) is 6.94. The van der Waals surface area contributed by atoms with Crippen LogP contribution < -0.4 is 5.32 Å². The predicted molar refractivity (Wildman–Crippen MR) is 107 cm³/mol. The molecule has 31 heavy (non-hydrogen) atoms. The standard InChI is InChI=1S/C22H32F3N3O3/c1-20(2,3)30-19(29)26-16-6-4-14(5-7-16)8-9-28-12-15-11-21(15,13-28)17-10-18(31-27-17)22(23,24)25/h10,14-16H,4-9,11-13H2,1-3H3,(H,26,29)/t14-,15?,16-,21-/m0/s1. The molecular weight excluding hydrogens is 411 g/mol. The van der Waals surface area contributed by atoms with Gasteiger partial charge in [-0.15, -0.1) is 0 Å². The molecule has 2 saturated carbocycles. The fourth-order valence-corrected chi connectivity index (χ4v) is 5.23. The molecular formula is C22H32F3N3O3. The summed E-state index contributed by atoms with van der Waals surface area (Å²) in [5, 5.41) is 6.72. The van der Waals surface area contributed by atoms with Crippen LogP contribution in [0.5, 0.6) is 0 Å². The Balaban J connectivity index is 1.19. The third-order valence-electron chi connectivity index (χ3n) is 6.94. The van der Waals surface area contributed by atoms with Gasteiger partial charge >= 0.3 is 12.3 Å². The molecule has 0 radical (unpaired) electrons. The number of ether oxygens (including phenoxy) is 1. The number of hydrogen-bond acceptors (Lipinski definition) is 5. The first-order chi connectivity index (χ1) is 14.4. The second kappa shape index (κ2) is 7.98. The van der Waals surface area contributed by atoms with Gasteiger partial charge in [-0.2, -0.15) is 13.2 Å². The first-order valence-corrected chi connectivity index (χ1v) is 11.2. The van der Waals surface area contributed by atoms with Crippen LogP contribution in [0.1, 0.15) is 70.8 Å². The van der Waals surface area contributed by atoms with Crippen LogP contribution in [-0.2, 0) is 16.3 Å². The Morgan fingerprint density at radius 1 is 1.29 bits per heavy atom. The topological polar surface area (TPSA) is 67.6 Å². The van der Waals surface area contributed by atoms with Crippen molar-refractivity contribution in [2.75, 3.05) is 19.6 Å². The van der Waals surface area contributed by atoms with Crippen LogP contribution in [0.4, 0.5) is 18.0 Å². The molecule has 1 aromatic heterocycles. The van der Waals surface area contributed by atoms with E-state index in [4.69, 9.17) is 4.74 Å². The second-order valence-electron chi connectivity index (χ2n) is 10.5. The molecule has 0 bridgehead atoms. The maximum Gasteiger partial charge on any atom is 0.452 e. The Hall–Kier alpha value is -1.77. The van der Waals surface area contributed by atoms with E-state index in [1.165, 1.54) is 0 Å². The van der Waals surface area contributed by atoms with Gasteiger partial charge in [0.1, 0.15) is 5.60 Å². The maximum absolute atomic E-state index is 12.8.